The Morgan fingerprint density at radius 2 is 1.68 bits per heavy atom. The van der Waals surface area contributed by atoms with Crippen molar-refractivity contribution < 1.29 is 9.53 Å². The molecule has 0 unspecified atom stereocenters. The smallest absolute Gasteiger partial charge is 0.220 e. The van der Waals surface area contributed by atoms with Gasteiger partial charge in [-0.3, -0.25) is 4.79 Å². The van der Waals surface area contributed by atoms with Crippen molar-refractivity contribution in [1.29, 1.82) is 0 Å². The summed E-state index contributed by atoms with van der Waals surface area (Å²) in [5.74, 6) is 0.0788. The van der Waals surface area contributed by atoms with Gasteiger partial charge in [0.1, 0.15) is 0 Å². The number of hydrogen-bond donors (Lipinski definition) is 1. The zero-order valence-electron chi connectivity index (χ0n) is 13.0. The van der Waals surface area contributed by atoms with Crippen LogP contribution in [0.3, 0.4) is 0 Å². The SMILES string of the molecule is CCOCc1ccccc1CNC(=O)CCc1ccccc1. The molecule has 2 aromatic carbocycles. The third-order valence-electron chi connectivity index (χ3n) is 3.54. The first-order chi connectivity index (χ1) is 10.8. The molecule has 22 heavy (non-hydrogen) atoms. The molecule has 0 spiro atoms. The molecule has 2 aromatic rings. The molecule has 0 fully saturated rings. The van der Waals surface area contributed by atoms with Gasteiger partial charge in [-0.15, -0.1) is 0 Å². The number of ether oxygens (including phenoxy) is 1. The maximum absolute atomic E-state index is 12.0. The van der Waals surface area contributed by atoms with Gasteiger partial charge < -0.3 is 10.1 Å². The molecule has 0 aliphatic carbocycles. The number of amides is 1. The van der Waals surface area contributed by atoms with Crippen molar-refractivity contribution in [2.75, 3.05) is 6.61 Å². The second-order valence-electron chi connectivity index (χ2n) is 5.17. The quantitative estimate of drug-likeness (QED) is 0.810. The average molecular weight is 297 g/mol. The van der Waals surface area contributed by atoms with Crippen LogP contribution in [-0.2, 0) is 29.1 Å². The van der Waals surface area contributed by atoms with Gasteiger partial charge in [0.2, 0.25) is 5.91 Å². The van der Waals surface area contributed by atoms with Gasteiger partial charge in [-0.05, 0) is 30.0 Å². The van der Waals surface area contributed by atoms with E-state index in [1.165, 1.54) is 5.56 Å². The molecule has 0 radical (unpaired) electrons. The third-order valence-corrected chi connectivity index (χ3v) is 3.54. The molecule has 116 valence electrons. The van der Waals surface area contributed by atoms with Gasteiger partial charge in [-0.25, -0.2) is 0 Å². The maximum Gasteiger partial charge on any atom is 0.220 e. The fourth-order valence-corrected chi connectivity index (χ4v) is 2.27. The fraction of sp³-hybridized carbons (Fsp3) is 0.316. The topological polar surface area (TPSA) is 38.3 Å². The van der Waals surface area contributed by atoms with Crippen LogP contribution in [0.4, 0.5) is 0 Å². The van der Waals surface area contributed by atoms with E-state index in [1.54, 1.807) is 0 Å². The van der Waals surface area contributed by atoms with Crippen LogP contribution in [0.25, 0.3) is 0 Å². The Labute approximate surface area is 132 Å². The molecule has 0 bridgehead atoms. The standard InChI is InChI=1S/C19H23NO2/c1-2-22-15-18-11-7-6-10-17(18)14-20-19(21)13-12-16-8-4-3-5-9-16/h3-11H,2,12-15H2,1H3,(H,20,21). The molecule has 0 atom stereocenters. The van der Waals surface area contributed by atoms with E-state index in [4.69, 9.17) is 4.74 Å². The predicted octanol–water partition coefficient (Wildman–Crippen LogP) is 3.47. The lowest BCUT2D eigenvalue weighted by molar-refractivity contribution is -0.121. The molecule has 0 saturated heterocycles. The monoisotopic (exact) mass is 297 g/mol. The first kappa shape index (κ1) is 16.2. The highest BCUT2D eigenvalue weighted by Crippen LogP contribution is 2.10. The van der Waals surface area contributed by atoms with Crippen LogP contribution >= 0.6 is 0 Å². The van der Waals surface area contributed by atoms with Crippen LogP contribution in [0.15, 0.2) is 54.6 Å². The molecule has 1 amide bonds. The van der Waals surface area contributed by atoms with E-state index in [9.17, 15) is 4.79 Å². The van der Waals surface area contributed by atoms with E-state index < -0.39 is 0 Å². The molecule has 3 nitrogen and oxygen atoms in total. The lowest BCUT2D eigenvalue weighted by atomic mass is 10.1. The minimum atomic E-state index is 0.0788. The third kappa shape index (κ3) is 5.34. The van der Waals surface area contributed by atoms with Crippen LogP contribution in [0, 0.1) is 0 Å². The van der Waals surface area contributed by atoms with Gasteiger partial charge in [0.15, 0.2) is 0 Å². The summed E-state index contributed by atoms with van der Waals surface area (Å²) in [6, 6.07) is 18.1. The van der Waals surface area contributed by atoms with Crippen LogP contribution in [0.2, 0.25) is 0 Å². The zero-order chi connectivity index (χ0) is 15.6. The number of hydrogen-bond acceptors (Lipinski definition) is 2. The number of aryl methyl sites for hydroxylation is 1. The zero-order valence-corrected chi connectivity index (χ0v) is 13.0. The minimum absolute atomic E-state index is 0.0788. The summed E-state index contributed by atoms with van der Waals surface area (Å²) >= 11 is 0. The summed E-state index contributed by atoms with van der Waals surface area (Å²) in [5, 5.41) is 2.99. The number of benzene rings is 2. The van der Waals surface area contributed by atoms with Crippen molar-refractivity contribution in [2.24, 2.45) is 0 Å². The number of nitrogens with one attached hydrogen (secondary N) is 1. The van der Waals surface area contributed by atoms with Crippen LogP contribution < -0.4 is 5.32 Å². The minimum Gasteiger partial charge on any atom is -0.377 e. The van der Waals surface area contributed by atoms with Gasteiger partial charge in [0.25, 0.3) is 0 Å². The Morgan fingerprint density at radius 3 is 2.41 bits per heavy atom. The Hall–Kier alpha value is -2.13. The van der Waals surface area contributed by atoms with Crippen molar-refractivity contribution in [3.05, 3.63) is 71.3 Å². The number of carbonyl (C=O) groups is 1. The molecular formula is C19H23NO2. The first-order valence-corrected chi connectivity index (χ1v) is 7.74. The van der Waals surface area contributed by atoms with Crippen molar-refractivity contribution in [2.45, 2.75) is 32.9 Å². The summed E-state index contributed by atoms with van der Waals surface area (Å²) in [6.07, 6.45) is 1.28. The Bertz CT molecular complexity index is 581. The molecule has 3 heteroatoms. The van der Waals surface area contributed by atoms with Crippen LogP contribution in [-0.4, -0.2) is 12.5 Å². The van der Waals surface area contributed by atoms with Gasteiger partial charge in [-0.2, -0.15) is 0 Å². The van der Waals surface area contributed by atoms with E-state index in [1.807, 2.05) is 61.5 Å². The Kier molecular flexibility index (Phi) is 6.65. The molecular weight excluding hydrogens is 274 g/mol. The van der Waals surface area contributed by atoms with Crippen LogP contribution in [0.1, 0.15) is 30.0 Å². The fourth-order valence-electron chi connectivity index (χ4n) is 2.27. The second-order valence-corrected chi connectivity index (χ2v) is 5.17. The van der Waals surface area contributed by atoms with Crippen LogP contribution in [0.5, 0.6) is 0 Å². The molecule has 0 heterocycles. The summed E-state index contributed by atoms with van der Waals surface area (Å²) in [4.78, 5) is 12.0. The molecule has 0 aliphatic heterocycles. The van der Waals surface area contributed by atoms with Crippen molar-refractivity contribution in [1.82, 2.24) is 5.32 Å². The first-order valence-electron chi connectivity index (χ1n) is 7.74. The van der Waals surface area contributed by atoms with Crippen molar-refractivity contribution in [3.63, 3.8) is 0 Å². The maximum atomic E-state index is 12.0. The predicted molar refractivity (Wildman–Crippen MR) is 88.4 cm³/mol. The highest BCUT2D eigenvalue weighted by Gasteiger charge is 2.05. The van der Waals surface area contributed by atoms with E-state index >= 15 is 0 Å². The second kappa shape index (κ2) is 9.00. The van der Waals surface area contributed by atoms with E-state index in [2.05, 4.69) is 5.32 Å². The molecule has 2 rings (SSSR count). The Morgan fingerprint density at radius 1 is 1.00 bits per heavy atom. The lowest BCUT2D eigenvalue weighted by Crippen LogP contribution is -2.23. The van der Waals surface area contributed by atoms with Crippen molar-refractivity contribution >= 4 is 5.91 Å². The summed E-state index contributed by atoms with van der Waals surface area (Å²) in [6.45, 7) is 3.81. The summed E-state index contributed by atoms with van der Waals surface area (Å²) < 4.78 is 5.46. The summed E-state index contributed by atoms with van der Waals surface area (Å²) in [5.41, 5.74) is 3.44. The number of rotatable bonds is 8. The molecule has 0 aliphatic rings. The normalized spacial score (nSPS) is 10.4. The highest BCUT2D eigenvalue weighted by molar-refractivity contribution is 5.76. The molecule has 0 aromatic heterocycles. The van der Waals surface area contributed by atoms with Gasteiger partial charge in [0.05, 0.1) is 6.61 Å². The van der Waals surface area contributed by atoms with E-state index in [0.29, 0.717) is 26.2 Å². The highest BCUT2D eigenvalue weighted by atomic mass is 16.5. The van der Waals surface area contributed by atoms with Gasteiger partial charge >= 0.3 is 0 Å². The largest absolute Gasteiger partial charge is 0.377 e. The average Bonchev–Trinajstić information content (AvgIpc) is 2.58. The van der Waals surface area contributed by atoms with Crippen molar-refractivity contribution in [3.8, 4) is 0 Å². The Balaban J connectivity index is 1.81. The number of carbonyl (C=O) groups excluding carboxylic acids is 1. The molecule has 0 saturated carbocycles. The van der Waals surface area contributed by atoms with Gasteiger partial charge in [0, 0.05) is 19.6 Å². The summed E-state index contributed by atoms with van der Waals surface area (Å²) in [7, 11) is 0. The van der Waals surface area contributed by atoms with E-state index in [-0.39, 0.29) is 5.91 Å². The lowest BCUT2D eigenvalue weighted by Gasteiger charge is -2.11. The molecule has 1 N–H and O–H groups in total. The van der Waals surface area contributed by atoms with Gasteiger partial charge in [-0.1, -0.05) is 54.6 Å². The van der Waals surface area contributed by atoms with E-state index in [0.717, 1.165) is 17.5 Å².